The van der Waals surface area contributed by atoms with Crippen LogP contribution in [0.3, 0.4) is 0 Å². The summed E-state index contributed by atoms with van der Waals surface area (Å²) in [6.45, 7) is 7.96. The molecule has 0 fully saturated rings. The van der Waals surface area contributed by atoms with Gasteiger partial charge in [-0.1, -0.05) is 42.8 Å². The zero-order valence-corrected chi connectivity index (χ0v) is 15.4. The number of rotatable bonds is 6. The Bertz CT molecular complexity index is 715. The van der Waals surface area contributed by atoms with Gasteiger partial charge in [0.15, 0.2) is 6.10 Å². The van der Waals surface area contributed by atoms with Crippen molar-refractivity contribution in [3.05, 3.63) is 64.2 Å². The van der Waals surface area contributed by atoms with Gasteiger partial charge in [-0.2, -0.15) is 0 Å². The van der Waals surface area contributed by atoms with Gasteiger partial charge in [0.05, 0.1) is 6.04 Å². The summed E-state index contributed by atoms with van der Waals surface area (Å²) >= 11 is 5.94. The van der Waals surface area contributed by atoms with Gasteiger partial charge in [0.2, 0.25) is 0 Å². The average Bonchev–Trinajstić information content (AvgIpc) is 2.55. The molecule has 0 radical (unpaired) electrons. The van der Waals surface area contributed by atoms with Crippen molar-refractivity contribution in [2.24, 2.45) is 0 Å². The second-order valence-electron chi connectivity index (χ2n) is 6.03. The first-order valence-electron chi connectivity index (χ1n) is 8.20. The van der Waals surface area contributed by atoms with E-state index in [1.54, 1.807) is 31.2 Å². The van der Waals surface area contributed by atoms with Crippen molar-refractivity contribution in [3.63, 3.8) is 0 Å². The third kappa shape index (κ3) is 4.75. The summed E-state index contributed by atoms with van der Waals surface area (Å²) in [6, 6.07) is 13.3. The highest BCUT2D eigenvalue weighted by atomic mass is 35.5. The summed E-state index contributed by atoms with van der Waals surface area (Å²) in [4.78, 5) is 12.5. The normalized spacial score (nSPS) is 13.2. The van der Waals surface area contributed by atoms with E-state index in [1.165, 1.54) is 11.1 Å². The van der Waals surface area contributed by atoms with Crippen LogP contribution in [0.15, 0.2) is 42.5 Å². The van der Waals surface area contributed by atoms with Crippen LogP contribution in [0.25, 0.3) is 0 Å². The zero-order valence-electron chi connectivity index (χ0n) is 14.6. The van der Waals surface area contributed by atoms with Crippen molar-refractivity contribution in [3.8, 4) is 5.75 Å². The van der Waals surface area contributed by atoms with Crippen molar-refractivity contribution in [2.75, 3.05) is 0 Å². The predicted molar refractivity (Wildman–Crippen MR) is 98.6 cm³/mol. The van der Waals surface area contributed by atoms with Gasteiger partial charge in [-0.15, -0.1) is 0 Å². The van der Waals surface area contributed by atoms with Gasteiger partial charge in [0.1, 0.15) is 5.75 Å². The van der Waals surface area contributed by atoms with Crippen molar-refractivity contribution in [2.45, 2.75) is 46.3 Å². The number of carbonyl (C=O) groups is 1. The van der Waals surface area contributed by atoms with E-state index in [0.717, 1.165) is 12.0 Å². The molecule has 0 aromatic heterocycles. The average molecular weight is 346 g/mol. The van der Waals surface area contributed by atoms with Gasteiger partial charge < -0.3 is 10.1 Å². The molecule has 128 valence electrons. The van der Waals surface area contributed by atoms with E-state index in [9.17, 15) is 4.79 Å². The maximum atomic E-state index is 12.5. The van der Waals surface area contributed by atoms with Gasteiger partial charge in [0.25, 0.3) is 5.91 Å². The van der Waals surface area contributed by atoms with Gasteiger partial charge in [0, 0.05) is 5.02 Å². The van der Waals surface area contributed by atoms with E-state index in [1.807, 2.05) is 0 Å². The minimum atomic E-state index is -0.593. The number of ether oxygens (including phenoxy) is 1. The summed E-state index contributed by atoms with van der Waals surface area (Å²) in [7, 11) is 0. The van der Waals surface area contributed by atoms with Crippen molar-refractivity contribution in [1.82, 2.24) is 5.32 Å². The molecule has 0 saturated heterocycles. The zero-order chi connectivity index (χ0) is 17.7. The Kier molecular flexibility index (Phi) is 6.27. The van der Waals surface area contributed by atoms with E-state index in [-0.39, 0.29) is 11.9 Å². The number of benzene rings is 2. The standard InChI is InChI=1S/C20H24ClNO2/c1-5-19(16-10-9-13(2)14(3)11-16)22-20(23)15(4)24-18-8-6-7-17(21)12-18/h6-12,15,19H,5H2,1-4H3,(H,22,23)/t15-,19+/m0/s1. The summed E-state index contributed by atoms with van der Waals surface area (Å²) in [6.07, 6.45) is 0.224. The van der Waals surface area contributed by atoms with Crippen LogP contribution in [0, 0.1) is 13.8 Å². The Morgan fingerprint density at radius 2 is 1.92 bits per heavy atom. The van der Waals surface area contributed by atoms with Crippen LogP contribution in [-0.2, 0) is 4.79 Å². The van der Waals surface area contributed by atoms with E-state index in [4.69, 9.17) is 16.3 Å². The minimum absolute atomic E-state index is 0.0257. The number of halogens is 1. The third-order valence-corrected chi connectivity index (χ3v) is 4.37. The van der Waals surface area contributed by atoms with Gasteiger partial charge in [-0.25, -0.2) is 0 Å². The number of aryl methyl sites for hydroxylation is 2. The second-order valence-corrected chi connectivity index (χ2v) is 6.47. The van der Waals surface area contributed by atoms with Crippen molar-refractivity contribution in [1.29, 1.82) is 0 Å². The highest BCUT2D eigenvalue weighted by Gasteiger charge is 2.19. The molecular weight excluding hydrogens is 322 g/mol. The molecular formula is C20H24ClNO2. The maximum absolute atomic E-state index is 12.5. The molecule has 0 aliphatic heterocycles. The quantitative estimate of drug-likeness (QED) is 0.800. The summed E-state index contributed by atoms with van der Waals surface area (Å²) in [5.41, 5.74) is 3.59. The largest absolute Gasteiger partial charge is 0.481 e. The van der Waals surface area contributed by atoms with Gasteiger partial charge in [-0.05, 0) is 62.1 Å². The summed E-state index contributed by atoms with van der Waals surface area (Å²) < 4.78 is 5.68. The van der Waals surface area contributed by atoms with Crippen LogP contribution in [0.1, 0.15) is 43.0 Å². The fourth-order valence-corrected chi connectivity index (χ4v) is 2.67. The van der Waals surface area contributed by atoms with E-state index in [2.05, 4.69) is 44.3 Å². The van der Waals surface area contributed by atoms with Crippen molar-refractivity contribution < 1.29 is 9.53 Å². The van der Waals surface area contributed by atoms with Crippen LogP contribution >= 0.6 is 11.6 Å². The van der Waals surface area contributed by atoms with Crippen LogP contribution in [-0.4, -0.2) is 12.0 Å². The molecule has 2 rings (SSSR count). The maximum Gasteiger partial charge on any atom is 0.261 e. The van der Waals surface area contributed by atoms with E-state index in [0.29, 0.717) is 10.8 Å². The molecule has 1 N–H and O–H groups in total. The molecule has 2 aromatic carbocycles. The lowest BCUT2D eigenvalue weighted by molar-refractivity contribution is -0.128. The first kappa shape index (κ1) is 18.3. The SMILES string of the molecule is CC[C@@H](NC(=O)[C@H](C)Oc1cccc(Cl)c1)c1ccc(C)c(C)c1. The molecule has 0 spiro atoms. The third-order valence-electron chi connectivity index (χ3n) is 4.14. The lowest BCUT2D eigenvalue weighted by Crippen LogP contribution is -2.38. The fraction of sp³-hybridized carbons (Fsp3) is 0.350. The molecule has 4 heteroatoms. The predicted octanol–water partition coefficient (Wildman–Crippen LogP) is 4.99. The minimum Gasteiger partial charge on any atom is -0.481 e. The van der Waals surface area contributed by atoms with Crippen LogP contribution in [0.2, 0.25) is 5.02 Å². The molecule has 0 bridgehead atoms. The van der Waals surface area contributed by atoms with Gasteiger partial charge >= 0.3 is 0 Å². The Morgan fingerprint density at radius 3 is 2.54 bits per heavy atom. The topological polar surface area (TPSA) is 38.3 Å². The lowest BCUT2D eigenvalue weighted by Gasteiger charge is -2.21. The number of carbonyl (C=O) groups excluding carboxylic acids is 1. The van der Waals surface area contributed by atoms with Crippen LogP contribution in [0.5, 0.6) is 5.75 Å². The smallest absolute Gasteiger partial charge is 0.261 e. The molecule has 0 heterocycles. The Labute approximate surface area is 149 Å². The molecule has 0 aliphatic rings. The Morgan fingerprint density at radius 1 is 1.17 bits per heavy atom. The Hall–Kier alpha value is -2.00. The Balaban J connectivity index is 2.04. The first-order chi connectivity index (χ1) is 11.4. The van der Waals surface area contributed by atoms with E-state index < -0.39 is 6.10 Å². The molecule has 24 heavy (non-hydrogen) atoms. The molecule has 2 atom stereocenters. The number of nitrogens with one attached hydrogen (secondary N) is 1. The molecule has 2 aromatic rings. The van der Waals surface area contributed by atoms with Crippen LogP contribution < -0.4 is 10.1 Å². The number of amides is 1. The van der Waals surface area contributed by atoms with E-state index >= 15 is 0 Å². The molecule has 3 nitrogen and oxygen atoms in total. The summed E-state index contributed by atoms with van der Waals surface area (Å²) in [5.74, 6) is 0.449. The molecule has 0 saturated carbocycles. The first-order valence-corrected chi connectivity index (χ1v) is 8.58. The second kappa shape index (κ2) is 8.20. The van der Waals surface area contributed by atoms with Crippen molar-refractivity contribution >= 4 is 17.5 Å². The van der Waals surface area contributed by atoms with Crippen LogP contribution in [0.4, 0.5) is 0 Å². The molecule has 0 aliphatic carbocycles. The molecule has 0 unspecified atom stereocenters. The highest BCUT2D eigenvalue weighted by Crippen LogP contribution is 2.21. The monoisotopic (exact) mass is 345 g/mol. The number of hydrogen-bond donors (Lipinski definition) is 1. The summed E-state index contributed by atoms with van der Waals surface area (Å²) in [5, 5.41) is 3.65. The lowest BCUT2D eigenvalue weighted by atomic mass is 9.99. The fourth-order valence-electron chi connectivity index (χ4n) is 2.49. The highest BCUT2D eigenvalue weighted by molar-refractivity contribution is 6.30. The molecule has 1 amide bonds. The number of hydrogen-bond acceptors (Lipinski definition) is 2. The van der Waals surface area contributed by atoms with Gasteiger partial charge in [-0.3, -0.25) is 4.79 Å².